The van der Waals surface area contributed by atoms with Crippen LogP contribution < -0.4 is 5.32 Å². The van der Waals surface area contributed by atoms with Crippen molar-refractivity contribution in [3.05, 3.63) is 53.6 Å². The number of aromatic nitrogens is 2. The number of rotatable bonds is 4. The molecule has 0 saturated carbocycles. The van der Waals surface area contributed by atoms with Gasteiger partial charge in [-0.1, -0.05) is 18.6 Å². The van der Waals surface area contributed by atoms with E-state index in [2.05, 4.69) is 32.3 Å². The number of nitrogens with one attached hydrogen (secondary N) is 1. The zero-order valence-electron chi connectivity index (χ0n) is 13.5. The van der Waals surface area contributed by atoms with E-state index >= 15 is 0 Å². The molecular formula is C18H22N4O. The molecule has 1 aromatic heterocycles. The normalized spacial score (nSPS) is 15.3. The number of aryl methyl sites for hydroxylation is 1. The molecule has 1 aliphatic rings. The van der Waals surface area contributed by atoms with E-state index < -0.39 is 0 Å². The Labute approximate surface area is 136 Å². The number of hydrogen-bond acceptors (Lipinski definition) is 4. The molecular weight excluding hydrogens is 288 g/mol. The van der Waals surface area contributed by atoms with Crippen LogP contribution in [0.1, 0.15) is 41.0 Å². The number of piperidine rings is 1. The summed E-state index contributed by atoms with van der Waals surface area (Å²) in [5.41, 5.74) is 3.18. The van der Waals surface area contributed by atoms with E-state index in [-0.39, 0.29) is 5.91 Å². The molecule has 5 nitrogen and oxygen atoms in total. The summed E-state index contributed by atoms with van der Waals surface area (Å²) in [4.78, 5) is 22.8. The van der Waals surface area contributed by atoms with Gasteiger partial charge >= 0.3 is 0 Å². The summed E-state index contributed by atoms with van der Waals surface area (Å²) in [7, 11) is 0. The molecule has 2 aromatic rings. The van der Waals surface area contributed by atoms with Gasteiger partial charge in [0.1, 0.15) is 5.69 Å². The predicted molar refractivity (Wildman–Crippen MR) is 90.3 cm³/mol. The van der Waals surface area contributed by atoms with Crippen molar-refractivity contribution in [2.75, 3.05) is 18.4 Å². The fourth-order valence-electron chi connectivity index (χ4n) is 2.77. The Hall–Kier alpha value is -2.27. The fraction of sp³-hybridized carbons (Fsp3) is 0.389. The number of amides is 1. The largest absolute Gasteiger partial charge is 0.321 e. The molecule has 0 radical (unpaired) electrons. The first-order chi connectivity index (χ1) is 11.2. The van der Waals surface area contributed by atoms with Crippen LogP contribution in [0.4, 0.5) is 5.69 Å². The lowest BCUT2D eigenvalue weighted by Crippen LogP contribution is -2.29. The van der Waals surface area contributed by atoms with Gasteiger partial charge in [-0.15, -0.1) is 0 Å². The van der Waals surface area contributed by atoms with Gasteiger partial charge in [0.05, 0.1) is 11.9 Å². The van der Waals surface area contributed by atoms with E-state index in [0.717, 1.165) is 17.9 Å². The quantitative estimate of drug-likeness (QED) is 0.943. The smallest absolute Gasteiger partial charge is 0.275 e. The van der Waals surface area contributed by atoms with E-state index in [1.165, 1.54) is 44.1 Å². The van der Waals surface area contributed by atoms with Crippen molar-refractivity contribution in [2.24, 2.45) is 0 Å². The van der Waals surface area contributed by atoms with E-state index in [9.17, 15) is 4.79 Å². The second kappa shape index (κ2) is 7.33. The van der Waals surface area contributed by atoms with Gasteiger partial charge in [0, 0.05) is 18.4 Å². The number of hydrogen-bond donors (Lipinski definition) is 1. The summed E-state index contributed by atoms with van der Waals surface area (Å²) >= 11 is 0. The number of carbonyl (C=O) groups excluding carboxylic acids is 1. The van der Waals surface area contributed by atoms with Gasteiger partial charge in [-0.25, -0.2) is 4.98 Å². The first-order valence-electron chi connectivity index (χ1n) is 8.12. The highest BCUT2D eigenvalue weighted by molar-refractivity contribution is 6.02. The summed E-state index contributed by atoms with van der Waals surface area (Å²) in [5, 5.41) is 2.85. The molecule has 1 aromatic carbocycles. The molecule has 0 bridgehead atoms. The van der Waals surface area contributed by atoms with Crippen LogP contribution in [0.3, 0.4) is 0 Å². The van der Waals surface area contributed by atoms with Crippen LogP contribution in [0.2, 0.25) is 0 Å². The minimum atomic E-state index is -0.235. The van der Waals surface area contributed by atoms with Crippen molar-refractivity contribution in [1.82, 2.24) is 14.9 Å². The van der Waals surface area contributed by atoms with Crippen LogP contribution in [0.5, 0.6) is 0 Å². The van der Waals surface area contributed by atoms with Gasteiger partial charge in [-0.05, 0) is 50.6 Å². The fourth-order valence-corrected chi connectivity index (χ4v) is 2.77. The van der Waals surface area contributed by atoms with Crippen molar-refractivity contribution >= 4 is 11.6 Å². The minimum absolute atomic E-state index is 0.235. The van der Waals surface area contributed by atoms with Crippen molar-refractivity contribution in [3.8, 4) is 0 Å². The molecule has 1 amide bonds. The van der Waals surface area contributed by atoms with Gasteiger partial charge in [-0.2, -0.15) is 0 Å². The molecule has 120 valence electrons. The Bertz CT molecular complexity index is 646. The average Bonchev–Trinajstić information content (AvgIpc) is 2.58. The third kappa shape index (κ3) is 4.36. The molecule has 1 N–H and O–H groups in total. The van der Waals surface area contributed by atoms with Crippen LogP contribution in [-0.2, 0) is 6.54 Å². The standard InChI is InChI=1S/C18H22N4O/c1-14-11-20-17(12-19-14)18(23)21-16-7-5-15(6-8-16)13-22-9-3-2-4-10-22/h5-8,11-12H,2-4,9-10,13H2,1H3,(H,21,23). The highest BCUT2D eigenvalue weighted by Crippen LogP contribution is 2.15. The maximum Gasteiger partial charge on any atom is 0.275 e. The maximum absolute atomic E-state index is 12.1. The van der Waals surface area contributed by atoms with Crippen LogP contribution in [0.25, 0.3) is 0 Å². The van der Waals surface area contributed by atoms with E-state index in [1.54, 1.807) is 6.20 Å². The second-order valence-corrected chi connectivity index (χ2v) is 6.03. The molecule has 1 fully saturated rings. The lowest BCUT2D eigenvalue weighted by molar-refractivity contribution is 0.102. The third-order valence-corrected chi connectivity index (χ3v) is 4.08. The lowest BCUT2D eigenvalue weighted by atomic mass is 10.1. The van der Waals surface area contributed by atoms with Gasteiger partial charge in [0.25, 0.3) is 5.91 Å². The number of nitrogens with zero attached hydrogens (tertiary/aromatic N) is 3. The van der Waals surface area contributed by atoms with Gasteiger partial charge in [-0.3, -0.25) is 14.7 Å². The number of carbonyl (C=O) groups is 1. The Morgan fingerprint density at radius 3 is 2.48 bits per heavy atom. The van der Waals surface area contributed by atoms with E-state index in [4.69, 9.17) is 0 Å². The Kier molecular flexibility index (Phi) is 4.98. The molecule has 23 heavy (non-hydrogen) atoms. The van der Waals surface area contributed by atoms with Crippen LogP contribution >= 0.6 is 0 Å². The monoisotopic (exact) mass is 310 g/mol. The third-order valence-electron chi connectivity index (χ3n) is 4.08. The van der Waals surface area contributed by atoms with Crippen LogP contribution in [-0.4, -0.2) is 33.9 Å². The molecule has 3 rings (SSSR count). The highest BCUT2D eigenvalue weighted by atomic mass is 16.1. The van der Waals surface area contributed by atoms with Crippen molar-refractivity contribution < 1.29 is 4.79 Å². The van der Waals surface area contributed by atoms with Gasteiger partial charge < -0.3 is 5.32 Å². The topological polar surface area (TPSA) is 58.1 Å². The van der Waals surface area contributed by atoms with Gasteiger partial charge in [0.15, 0.2) is 0 Å². The van der Waals surface area contributed by atoms with Crippen LogP contribution in [0, 0.1) is 6.92 Å². The zero-order valence-corrected chi connectivity index (χ0v) is 13.5. The summed E-state index contributed by atoms with van der Waals surface area (Å²) in [6.45, 7) is 5.20. The Morgan fingerprint density at radius 1 is 1.09 bits per heavy atom. The number of likely N-dealkylation sites (tertiary alicyclic amines) is 1. The molecule has 5 heteroatoms. The molecule has 2 heterocycles. The molecule has 1 saturated heterocycles. The Balaban J connectivity index is 1.58. The minimum Gasteiger partial charge on any atom is -0.321 e. The van der Waals surface area contributed by atoms with Crippen LogP contribution in [0.15, 0.2) is 36.7 Å². The second-order valence-electron chi connectivity index (χ2n) is 6.03. The molecule has 0 spiro atoms. The van der Waals surface area contributed by atoms with Crippen molar-refractivity contribution in [3.63, 3.8) is 0 Å². The number of anilines is 1. The number of benzene rings is 1. The van der Waals surface area contributed by atoms with Crippen molar-refractivity contribution in [2.45, 2.75) is 32.7 Å². The average molecular weight is 310 g/mol. The highest BCUT2D eigenvalue weighted by Gasteiger charge is 2.11. The van der Waals surface area contributed by atoms with Crippen molar-refractivity contribution in [1.29, 1.82) is 0 Å². The summed E-state index contributed by atoms with van der Waals surface area (Å²) in [6.07, 6.45) is 7.03. The molecule has 0 aliphatic carbocycles. The summed E-state index contributed by atoms with van der Waals surface area (Å²) in [6, 6.07) is 8.04. The van der Waals surface area contributed by atoms with Gasteiger partial charge in [0.2, 0.25) is 0 Å². The first-order valence-corrected chi connectivity index (χ1v) is 8.12. The summed E-state index contributed by atoms with van der Waals surface area (Å²) < 4.78 is 0. The predicted octanol–water partition coefficient (Wildman–Crippen LogP) is 3.02. The SMILES string of the molecule is Cc1cnc(C(=O)Nc2ccc(CN3CCCCC3)cc2)cn1. The molecule has 1 aliphatic heterocycles. The summed E-state index contributed by atoms with van der Waals surface area (Å²) in [5.74, 6) is -0.235. The Morgan fingerprint density at radius 2 is 1.83 bits per heavy atom. The molecule has 0 unspecified atom stereocenters. The maximum atomic E-state index is 12.1. The lowest BCUT2D eigenvalue weighted by Gasteiger charge is -2.26. The first kappa shape index (κ1) is 15.6. The zero-order chi connectivity index (χ0) is 16.1. The van der Waals surface area contributed by atoms with E-state index in [1.807, 2.05) is 19.1 Å². The molecule has 0 atom stereocenters. The van der Waals surface area contributed by atoms with E-state index in [0.29, 0.717) is 5.69 Å².